The summed E-state index contributed by atoms with van der Waals surface area (Å²) in [5.41, 5.74) is 2.38. The van der Waals surface area contributed by atoms with Crippen molar-refractivity contribution in [1.82, 2.24) is 5.32 Å². The second-order valence-corrected chi connectivity index (χ2v) is 7.19. The summed E-state index contributed by atoms with van der Waals surface area (Å²) in [6, 6.07) is 12.9. The molecule has 3 rings (SSSR count). The van der Waals surface area contributed by atoms with E-state index in [9.17, 15) is 0 Å². The molecule has 4 heteroatoms. The van der Waals surface area contributed by atoms with Crippen LogP contribution in [-0.4, -0.2) is 6.04 Å². The number of aryl methyl sites for hydroxylation is 1. The molecule has 0 bridgehead atoms. The molecule has 1 aliphatic carbocycles. The summed E-state index contributed by atoms with van der Waals surface area (Å²) in [5, 5.41) is 3.52. The highest BCUT2D eigenvalue weighted by molar-refractivity contribution is 9.10. The average Bonchev–Trinajstić information content (AvgIpc) is 3.26. The van der Waals surface area contributed by atoms with Crippen molar-refractivity contribution < 1.29 is 4.74 Å². The Hall–Kier alpha value is -0.840. The first kappa shape index (κ1) is 15.1. The lowest BCUT2D eigenvalue weighted by atomic mass is 10.2. The van der Waals surface area contributed by atoms with Crippen LogP contribution in [0.1, 0.15) is 24.0 Å². The fraction of sp³-hybridized carbons (Fsp3) is 0.294. The molecule has 21 heavy (non-hydrogen) atoms. The predicted molar refractivity (Wildman–Crippen MR) is 93.0 cm³/mol. The van der Waals surface area contributed by atoms with Crippen LogP contribution in [0.4, 0.5) is 0 Å². The van der Waals surface area contributed by atoms with E-state index in [1.807, 2.05) is 37.3 Å². The zero-order valence-corrected chi connectivity index (χ0v) is 15.0. The molecule has 1 N–H and O–H groups in total. The van der Waals surface area contributed by atoms with E-state index in [1.54, 1.807) is 0 Å². The maximum absolute atomic E-state index is 5.98. The number of nitrogens with one attached hydrogen (secondary N) is 1. The minimum atomic E-state index is 0.720. The molecule has 1 aliphatic rings. The molecular formula is C17H17Br2NO. The molecule has 0 amide bonds. The third kappa shape index (κ3) is 4.09. The molecule has 2 aromatic carbocycles. The van der Waals surface area contributed by atoms with Gasteiger partial charge in [0.2, 0.25) is 0 Å². The Balaban J connectivity index is 1.73. The Bertz CT molecular complexity index is 653. The van der Waals surface area contributed by atoms with Crippen molar-refractivity contribution in [3.63, 3.8) is 0 Å². The molecule has 0 aromatic heterocycles. The minimum absolute atomic E-state index is 0.720. The van der Waals surface area contributed by atoms with E-state index >= 15 is 0 Å². The highest BCUT2D eigenvalue weighted by Crippen LogP contribution is 2.31. The molecule has 110 valence electrons. The van der Waals surface area contributed by atoms with Crippen molar-refractivity contribution in [2.45, 2.75) is 32.4 Å². The summed E-state index contributed by atoms with van der Waals surface area (Å²) in [7, 11) is 0. The summed E-state index contributed by atoms with van der Waals surface area (Å²) in [4.78, 5) is 0. The second kappa shape index (κ2) is 6.51. The zero-order chi connectivity index (χ0) is 14.8. The van der Waals surface area contributed by atoms with Gasteiger partial charge in [-0.3, -0.25) is 0 Å². The van der Waals surface area contributed by atoms with Gasteiger partial charge in [0.25, 0.3) is 0 Å². The summed E-state index contributed by atoms with van der Waals surface area (Å²) >= 11 is 7.11. The third-order valence-electron chi connectivity index (χ3n) is 3.56. The zero-order valence-electron chi connectivity index (χ0n) is 11.8. The fourth-order valence-corrected chi connectivity index (χ4v) is 2.93. The standard InChI is InChI=1S/C17H17Br2NO/c1-11-2-4-13(18)8-17(11)21-15-7-3-12(16(19)9-15)10-20-14-5-6-14/h2-4,7-9,14,20H,5-6,10H2,1H3. The van der Waals surface area contributed by atoms with Gasteiger partial charge in [0.05, 0.1) is 0 Å². The van der Waals surface area contributed by atoms with E-state index in [1.165, 1.54) is 18.4 Å². The van der Waals surface area contributed by atoms with Gasteiger partial charge in [-0.2, -0.15) is 0 Å². The Kier molecular flexibility index (Phi) is 4.67. The van der Waals surface area contributed by atoms with E-state index < -0.39 is 0 Å². The Morgan fingerprint density at radius 1 is 1.14 bits per heavy atom. The van der Waals surface area contributed by atoms with Crippen molar-refractivity contribution in [2.24, 2.45) is 0 Å². The number of ether oxygens (including phenoxy) is 1. The lowest BCUT2D eigenvalue weighted by Crippen LogP contribution is -2.15. The molecule has 0 saturated heterocycles. The van der Waals surface area contributed by atoms with Gasteiger partial charge in [-0.1, -0.05) is 44.0 Å². The van der Waals surface area contributed by atoms with E-state index in [0.717, 1.165) is 38.6 Å². The topological polar surface area (TPSA) is 21.3 Å². The van der Waals surface area contributed by atoms with Crippen LogP contribution in [0, 0.1) is 6.92 Å². The van der Waals surface area contributed by atoms with Gasteiger partial charge in [-0.15, -0.1) is 0 Å². The molecule has 0 unspecified atom stereocenters. The number of halogens is 2. The van der Waals surface area contributed by atoms with Gasteiger partial charge in [0, 0.05) is 21.5 Å². The van der Waals surface area contributed by atoms with Crippen LogP contribution in [0.15, 0.2) is 45.3 Å². The normalized spacial score (nSPS) is 14.2. The molecule has 0 heterocycles. The van der Waals surface area contributed by atoms with Crippen LogP contribution in [-0.2, 0) is 6.54 Å². The van der Waals surface area contributed by atoms with Crippen LogP contribution in [0.25, 0.3) is 0 Å². The third-order valence-corrected chi connectivity index (χ3v) is 4.79. The summed E-state index contributed by atoms with van der Waals surface area (Å²) in [5.74, 6) is 1.72. The minimum Gasteiger partial charge on any atom is -0.457 e. The first-order valence-corrected chi connectivity index (χ1v) is 8.66. The molecule has 1 fully saturated rings. The molecule has 0 aliphatic heterocycles. The molecule has 0 radical (unpaired) electrons. The molecule has 2 aromatic rings. The summed E-state index contributed by atoms with van der Waals surface area (Å²) in [6.45, 7) is 2.95. The number of rotatable bonds is 5. The lowest BCUT2D eigenvalue weighted by molar-refractivity contribution is 0.478. The fourth-order valence-electron chi connectivity index (χ4n) is 2.09. The van der Waals surface area contributed by atoms with Crippen LogP contribution in [0.3, 0.4) is 0 Å². The molecule has 1 saturated carbocycles. The van der Waals surface area contributed by atoms with Crippen molar-refractivity contribution in [2.75, 3.05) is 0 Å². The maximum atomic E-state index is 5.98. The average molecular weight is 411 g/mol. The largest absolute Gasteiger partial charge is 0.457 e. The van der Waals surface area contributed by atoms with Crippen LogP contribution in [0.2, 0.25) is 0 Å². The van der Waals surface area contributed by atoms with Crippen LogP contribution < -0.4 is 10.1 Å². The van der Waals surface area contributed by atoms with Gasteiger partial charge < -0.3 is 10.1 Å². The lowest BCUT2D eigenvalue weighted by Gasteiger charge is -2.11. The summed E-state index contributed by atoms with van der Waals surface area (Å²) < 4.78 is 8.09. The van der Waals surface area contributed by atoms with Crippen molar-refractivity contribution >= 4 is 31.9 Å². The first-order valence-electron chi connectivity index (χ1n) is 7.07. The highest BCUT2D eigenvalue weighted by Gasteiger charge is 2.20. The quantitative estimate of drug-likeness (QED) is 0.696. The Morgan fingerprint density at radius 2 is 1.95 bits per heavy atom. The Labute approximate surface area is 142 Å². The van der Waals surface area contributed by atoms with Crippen LogP contribution in [0.5, 0.6) is 11.5 Å². The van der Waals surface area contributed by atoms with Gasteiger partial charge in [0.15, 0.2) is 0 Å². The number of hydrogen-bond acceptors (Lipinski definition) is 2. The van der Waals surface area contributed by atoms with E-state index in [2.05, 4.69) is 43.2 Å². The van der Waals surface area contributed by atoms with Crippen LogP contribution >= 0.6 is 31.9 Å². The molecule has 0 atom stereocenters. The monoisotopic (exact) mass is 409 g/mol. The van der Waals surface area contributed by atoms with Crippen molar-refractivity contribution in [3.8, 4) is 11.5 Å². The van der Waals surface area contributed by atoms with E-state index in [-0.39, 0.29) is 0 Å². The SMILES string of the molecule is Cc1ccc(Br)cc1Oc1ccc(CNC2CC2)c(Br)c1. The molecule has 0 spiro atoms. The van der Waals surface area contributed by atoms with Gasteiger partial charge in [-0.25, -0.2) is 0 Å². The van der Waals surface area contributed by atoms with Gasteiger partial charge in [0.1, 0.15) is 11.5 Å². The van der Waals surface area contributed by atoms with Gasteiger partial charge >= 0.3 is 0 Å². The van der Waals surface area contributed by atoms with Crippen molar-refractivity contribution in [3.05, 3.63) is 56.5 Å². The predicted octanol–water partition coefficient (Wildman–Crippen LogP) is 5.56. The Morgan fingerprint density at radius 3 is 2.67 bits per heavy atom. The van der Waals surface area contributed by atoms with Gasteiger partial charge in [-0.05, 0) is 55.2 Å². The number of benzene rings is 2. The smallest absolute Gasteiger partial charge is 0.131 e. The first-order chi connectivity index (χ1) is 10.1. The maximum Gasteiger partial charge on any atom is 0.131 e. The van der Waals surface area contributed by atoms with E-state index in [0.29, 0.717) is 0 Å². The molecule has 2 nitrogen and oxygen atoms in total. The van der Waals surface area contributed by atoms with E-state index in [4.69, 9.17) is 4.74 Å². The second-order valence-electron chi connectivity index (χ2n) is 5.42. The molecular weight excluding hydrogens is 394 g/mol. The van der Waals surface area contributed by atoms with Crippen molar-refractivity contribution in [1.29, 1.82) is 0 Å². The number of hydrogen-bond donors (Lipinski definition) is 1. The highest BCUT2D eigenvalue weighted by atomic mass is 79.9. The summed E-state index contributed by atoms with van der Waals surface area (Å²) in [6.07, 6.45) is 2.61.